The number of hydrogen-bond donors (Lipinski definition) is 0. The fraction of sp³-hybridized carbons (Fsp3) is 0.389. The zero-order valence-corrected chi connectivity index (χ0v) is 13.3. The molecule has 0 N–H and O–H groups in total. The Kier molecular flexibility index (Phi) is 4.71. The largest absolute Gasteiger partial charge is 0.497 e. The summed E-state index contributed by atoms with van der Waals surface area (Å²) in [7, 11) is 3.91. The van der Waals surface area contributed by atoms with Crippen LogP contribution in [0.1, 0.15) is 17.2 Å². The van der Waals surface area contributed by atoms with Gasteiger partial charge >= 0.3 is 0 Å². The van der Waals surface area contributed by atoms with E-state index in [4.69, 9.17) is 4.74 Å². The van der Waals surface area contributed by atoms with Crippen LogP contribution in [0.15, 0.2) is 48.8 Å². The molecule has 4 heteroatoms. The highest BCUT2D eigenvalue weighted by Crippen LogP contribution is 2.26. The van der Waals surface area contributed by atoms with Gasteiger partial charge in [-0.05, 0) is 36.4 Å². The van der Waals surface area contributed by atoms with Gasteiger partial charge in [-0.15, -0.1) is 0 Å². The molecule has 1 atom stereocenters. The number of pyridine rings is 1. The average Bonchev–Trinajstić information content (AvgIpc) is 2.58. The number of hydrogen-bond acceptors (Lipinski definition) is 4. The number of likely N-dealkylation sites (N-methyl/N-ethyl adjacent to an activating group) is 1. The summed E-state index contributed by atoms with van der Waals surface area (Å²) in [5, 5.41) is 0. The molecule has 1 aromatic heterocycles. The van der Waals surface area contributed by atoms with Crippen LogP contribution in [0.3, 0.4) is 0 Å². The molecule has 0 aliphatic carbocycles. The Balaban J connectivity index is 1.70. The molecule has 1 saturated heterocycles. The predicted octanol–water partition coefficient (Wildman–Crippen LogP) is 2.58. The van der Waals surface area contributed by atoms with E-state index in [9.17, 15) is 0 Å². The fourth-order valence-electron chi connectivity index (χ4n) is 3.01. The second-order valence-corrected chi connectivity index (χ2v) is 5.87. The van der Waals surface area contributed by atoms with Crippen molar-refractivity contribution in [3.05, 3.63) is 59.9 Å². The van der Waals surface area contributed by atoms with Crippen LogP contribution in [0, 0.1) is 0 Å². The average molecular weight is 297 g/mol. The van der Waals surface area contributed by atoms with Gasteiger partial charge in [-0.25, -0.2) is 0 Å². The maximum Gasteiger partial charge on any atom is 0.118 e. The molecule has 0 saturated carbocycles. The lowest BCUT2D eigenvalue weighted by Gasteiger charge is -2.39. The molecule has 0 amide bonds. The maximum absolute atomic E-state index is 5.25. The van der Waals surface area contributed by atoms with Gasteiger partial charge in [-0.3, -0.25) is 14.8 Å². The minimum absolute atomic E-state index is 0.427. The van der Waals surface area contributed by atoms with Crippen LogP contribution in [0.2, 0.25) is 0 Å². The number of aromatic nitrogens is 1. The third kappa shape index (κ3) is 3.46. The van der Waals surface area contributed by atoms with E-state index in [0.29, 0.717) is 6.04 Å². The highest BCUT2D eigenvalue weighted by molar-refractivity contribution is 5.29. The Labute approximate surface area is 132 Å². The highest BCUT2D eigenvalue weighted by atomic mass is 16.5. The smallest absolute Gasteiger partial charge is 0.118 e. The van der Waals surface area contributed by atoms with Crippen molar-refractivity contribution < 1.29 is 4.74 Å². The van der Waals surface area contributed by atoms with E-state index in [-0.39, 0.29) is 0 Å². The summed E-state index contributed by atoms with van der Waals surface area (Å²) >= 11 is 0. The van der Waals surface area contributed by atoms with Crippen molar-refractivity contribution in [1.82, 2.24) is 14.8 Å². The SMILES string of the molecule is COc1ccc([C@H]2CN(Cc3cccnc3)CCN2C)cc1. The van der Waals surface area contributed by atoms with Crippen molar-refractivity contribution in [2.24, 2.45) is 0 Å². The topological polar surface area (TPSA) is 28.6 Å². The van der Waals surface area contributed by atoms with Gasteiger partial charge in [0.25, 0.3) is 0 Å². The van der Waals surface area contributed by atoms with E-state index in [0.717, 1.165) is 31.9 Å². The fourth-order valence-corrected chi connectivity index (χ4v) is 3.01. The van der Waals surface area contributed by atoms with Crippen molar-refractivity contribution in [2.75, 3.05) is 33.8 Å². The summed E-state index contributed by atoms with van der Waals surface area (Å²) in [4.78, 5) is 9.15. The molecule has 1 aliphatic heterocycles. The lowest BCUT2D eigenvalue weighted by atomic mass is 10.0. The second-order valence-electron chi connectivity index (χ2n) is 5.87. The van der Waals surface area contributed by atoms with Gasteiger partial charge < -0.3 is 4.74 Å². The van der Waals surface area contributed by atoms with Crippen LogP contribution < -0.4 is 4.74 Å². The minimum Gasteiger partial charge on any atom is -0.497 e. The molecule has 1 aromatic carbocycles. The second kappa shape index (κ2) is 6.90. The van der Waals surface area contributed by atoms with Crippen LogP contribution in [-0.4, -0.2) is 48.6 Å². The molecule has 2 heterocycles. The molecule has 4 nitrogen and oxygen atoms in total. The van der Waals surface area contributed by atoms with Gasteiger partial charge in [0.2, 0.25) is 0 Å². The quantitative estimate of drug-likeness (QED) is 0.867. The predicted molar refractivity (Wildman–Crippen MR) is 87.9 cm³/mol. The first-order valence-corrected chi connectivity index (χ1v) is 7.71. The van der Waals surface area contributed by atoms with E-state index < -0.39 is 0 Å². The molecule has 0 unspecified atom stereocenters. The molecule has 1 fully saturated rings. The van der Waals surface area contributed by atoms with Crippen molar-refractivity contribution in [1.29, 1.82) is 0 Å². The van der Waals surface area contributed by atoms with Crippen LogP contribution >= 0.6 is 0 Å². The van der Waals surface area contributed by atoms with Gasteiger partial charge in [0, 0.05) is 44.6 Å². The Morgan fingerprint density at radius 1 is 1.18 bits per heavy atom. The van der Waals surface area contributed by atoms with Crippen LogP contribution in [0.4, 0.5) is 0 Å². The van der Waals surface area contributed by atoms with Crippen LogP contribution in [0.25, 0.3) is 0 Å². The molecular formula is C18H23N3O. The molecule has 116 valence electrons. The summed E-state index contributed by atoms with van der Waals surface area (Å²) in [6.07, 6.45) is 3.79. The van der Waals surface area contributed by atoms with E-state index >= 15 is 0 Å². The Morgan fingerprint density at radius 2 is 2.00 bits per heavy atom. The maximum atomic E-state index is 5.25. The Bertz CT molecular complexity index is 585. The number of benzene rings is 1. The lowest BCUT2D eigenvalue weighted by molar-refractivity contribution is 0.0904. The monoisotopic (exact) mass is 297 g/mol. The van der Waals surface area contributed by atoms with Crippen molar-refractivity contribution in [3.8, 4) is 5.75 Å². The van der Waals surface area contributed by atoms with Crippen molar-refractivity contribution in [3.63, 3.8) is 0 Å². The summed E-state index contributed by atoms with van der Waals surface area (Å²) in [6, 6.07) is 13.0. The molecule has 0 bridgehead atoms. The van der Waals surface area contributed by atoms with Crippen LogP contribution in [0.5, 0.6) is 5.75 Å². The van der Waals surface area contributed by atoms with Crippen molar-refractivity contribution in [2.45, 2.75) is 12.6 Å². The van der Waals surface area contributed by atoms with Crippen molar-refractivity contribution >= 4 is 0 Å². The zero-order valence-electron chi connectivity index (χ0n) is 13.3. The molecule has 0 spiro atoms. The Morgan fingerprint density at radius 3 is 2.68 bits per heavy atom. The number of rotatable bonds is 4. The molecule has 0 radical (unpaired) electrons. The highest BCUT2D eigenvalue weighted by Gasteiger charge is 2.25. The number of methoxy groups -OCH3 is 1. The zero-order chi connectivity index (χ0) is 15.4. The van der Waals surface area contributed by atoms with E-state index in [1.165, 1.54) is 11.1 Å². The summed E-state index contributed by atoms with van der Waals surface area (Å²) in [6.45, 7) is 4.18. The van der Waals surface area contributed by atoms with Crippen LogP contribution in [-0.2, 0) is 6.54 Å². The molecular weight excluding hydrogens is 274 g/mol. The summed E-state index contributed by atoms with van der Waals surface area (Å²) < 4.78 is 5.25. The molecule has 1 aliphatic rings. The van der Waals surface area contributed by atoms with Gasteiger partial charge in [0.1, 0.15) is 5.75 Å². The molecule has 22 heavy (non-hydrogen) atoms. The number of piperazine rings is 1. The third-order valence-corrected chi connectivity index (χ3v) is 4.36. The van der Waals surface area contributed by atoms with E-state index in [1.54, 1.807) is 7.11 Å². The van der Waals surface area contributed by atoms with Gasteiger partial charge in [-0.2, -0.15) is 0 Å². The van der Waals surface area contributed by atoms with E-state index in [2.05, 4.69) is 40.0 Å². The summed E-state index contributed by atoms with van der Waals surface area (Å²) in [5.74, 6) is 0.912. The third-order valence-electron chi connectivity index (χ3n) is 4.36. The first kappa shape index (κ1) is 15.0. The first-order valence-electron chi connectivity index (χ1n) is 7.71. The Hall–Kier alpha value is -1.91. The normalized spacial score (nSPS) is 20.0. The van der Waals surface area contributed by atoms with Gasteiger partial charge in [-0.1, -0.05) is 18.2 Å². The number of nitrogens with zero attached hydrogens (tertiary/aromatic N) is 3. The lowest BCUT2D eigenvalue weighted by Crippen LogP contribution is -2.46. The van der Waals surface area contributed by atoms with Gasteiger partial charge in [0.05, 0.1) is 7.11 Å². The molecule has 2 aromatic rings. The van der Waals surface area contributed by atoms with E-state index in [1.807, 2.05) is 30.6 Å². The standard InChI is InChI=1S/C18H23N3O/c1-20-10-11-21(13-15-4-3-9-19-12-15)14-18(20)16-5-7-17(22-2)8-6-16/h3-9,12,18H,10-11,13-14H2,1-2H3/t18-/m1/s1. The first-order chi connectivity index (χ1) is 10.8. The minimum atomic E-state index is 0.427. The van der Waals surface area contributed by atoms with Gasteiger partial charge in [0.15, 0.2) is 0 Å². The molecule has 3 rings (SSSR count). The summed E-state index contributed by atoms with van der Waals surface area (Å²) in [5.41, 5.74) is 2.62. The number of ether oxygens (including phenoxy) is 1.